The van der Waals surface area contributed by atoms with Gasteiger partial charge in [-0.05, 0) is 31.2 Å². The van der Waals surface area contributed by atoms with Gasteiger partial charge in [0.05, 0.1) is 0 Å². The Morgan fingerprint density at radius 2 is 2.00 bits per heavy atom. The summed E-state index contributed by atoms with van der Waals surface area (Å²) in [5.74, 6) is -1.76. The number of benzene rings is 2. The molecular weight excluding hydrogens is 298 g/mol. The zero-order chi connectivity index (χ0) is 15.6. The number of nitrogens with two attached hydrogens (primary N) is 1. The number of rotatable bonds is 4. The molecule has 0 saturated heterocycles. The molecule has 0 fully saturated rings. The van der Waals surface area contributed by atoms with E-state index in [0.717, 1.165) is 6.07 Å². The molecule has 0 spiro atoms. The van der Waals surface area contributed by atoms with Crippen LogP contribution < -0.4 is 11.1 Å². The number of hydrogen-bond acceptors (Lipinski definition) is 2. The van der Waals surface area contributed by atoms with Crippen molar-refractivity contribution in [2.45, 2.75) is 13.5 Å². The monoisotopic (exact) mass is 310 g/mol. The van der Waals surface area contributed by atoms with E-state index >= 15 is 0 Å². The Balaban J connectivity index is 2.30. The topological polar surface area (TPSA) is 55.1 Å². The first-order chi connectivity index (χ1) is 9.90. The molecule has 2 aromatic rings. The lowest BCUT2D eigenvalue weighted by Crippen LogP contribution is -2.13. The summed E-state index contributed by atoms with van der Waals surface area (Å²) in [5, 5.41) is 3.14. The molecule has 0 aromatic heterocycles. The molecule has 0 aliphatic carbocycles. The van der Waals surface area contributed by atoms with E-state index in [1.165, 1.54) is 18.2 Å². The molecular formula is C15H13ClF2N2O. The van der Waals surface area contributed by atoms with Crippen molar-refractivity contribution in [3.63, 3.8) is 0 Å². The van der Waals surface area contributed by atoms with Crippen molar-refractivity contribution in [3.05, 3.63) is 63.7 Å². The molecule has 3 N–H and O–H groups in total. The minimum atomic E-state index is -0.735. The Hall–Kier alpha value is -2.14. The highest BCUT2D eigenvalue weighted by atomic mass is 35.5. The van der Waals surface area contributed by atoms with Crippen LogP contribution in [0.25, 0.3) is 0 Å². The highest BCUT2D eigenvalue weighted by molar-refractivity contribution is 6.31. The van der Waals surface area contributed by atoms with Crippen LogP contribution in [0.5, 0.6) is 0 Å². The molecule has 1 amide bonds. The van der Waals surface area contributed by atoms with Crippen LogP contribution in [0.4, 0.5) is 14.5 Å². The van der Waals surface area contributed by atoms with E-state index in [0.29, 0.717) is 11.3 Å². The van der Waals surface area contributed by atoms with Crippen LogP contribution in [0.15, 0.2) is 30.3 Å². The number of anilines is 1. The highest BCUT2D eigenvalue weighted by Gasteiger charge is 2.12. The van der Waals surface area contributed by atoms with Crippen molar-refractivity contribution in [2.24, 2.45) is 5.73 Å². The zero-order valence-corrected chi connectivity index (χ0v) is 12.0. The van der Waals surface area contributed by atoms with Crippen LogP contribution in [0.1, 0.15) is 21.5 Å². The lowest BCUT2D eigenvalue weighted by Gasteiger charge is -2.13. The Labute approximate surface area is 125 Å². The minimum Gasteiger partial charge on any atom is -0.380 e. The summed E-state index contributed by atoms with van der Waals surface area (Å²) in [6.45, 7) is 1.61. The third-order valence-electron chi connectivity index (χ3n) is 3.15. The van der Waals surface area contributed by atoms with Crippen LogP contribution in [-0.2, 0) is 6.54 Å². The summed E-state index contributed by atoms with van der Waals surface area (Å²) >= 11 is 5.92. The molecule has 0 bridgehead atoms. The fraction of sp³-hybridized carbons (Fsp3) is 0.133. The second-order valence-electron chi connectivity index (χ2n) is 4.55. The number of carbonyl (C=O) groups is 1. The second-order valence-corrected chi connectivity index (χ2v) is 4.96. The van der Waals surface area contributed by atoms with Gasteiger partial charge in [-0.25, -0.2) is 8.78 Å². The van der Waals surface area contributed by atoms with Gasteiger partial charge in [0.25, 0.3) is 0 Å². The molecule has 6 heteroatoms. The van der Waals surface area contributed by atoms with E-state index < -0.39 is 17.5 Å². The fourth-order valence-corrected chi connectivity index (χ4v) is 2.12. The van der Waals surface area contributed by atoms with Gasteiger partial charge in [-0.1, -0.05) is 17.7 Å². The van der Waals surface area contributed by atoms with E-state index in [-0.39, 0.29) is 22.7 Å². The third kappa shape index (κ3) is 3.31. The van der Waals surface area contributed by atoms with Gasteiger partial charge in [-0.15, -0.1) is 0 Å². The Bertz CT molecular complexity index is 684. The average molecular weight is 311 g/mol. The van der Waals surface area contributed by atoms with Gasteiger partial charge in [-0.2, -0.15) is 0 Å². The first-order valence-electron chi connectivity index (χ1n) is 6.17. The van der Waals surface area contributed by atoms with E-state index in [1.807, 2.05) is 0 Å². The lowest BCUT2D eigenvalue weighted by atomic mass is 10.1. The maximum Gasteiger partial charge on any atom is 0.248 e. The van der Waals surface area contributed by atoms with Gasteiger partial charge in [0.1, 0.15) is 11.6 Å². The van der Waals surface area contributed by atoms with Gasteiger partial charge in [0.15, 0.2) is 0 Å². The summed E-state index contributed by atoms with van der Waals surface area (Å²) in [7, 11) is 0. The number of halogens is 3. The Kier molecular flexibility index (Phi) is 4.43. The predicted molar refractivity (Wildman–Crippen MR) is 78.4 cm³/mol. The Morgan fingerprint density at radius 1 is 1.29 bits per heavy atom. The zero-order valence-electron chi connectivity index (χ0n) is 11.2. The summed E-state index contributed by atoms with van der Waals surface area (Å²) in [6, 6.07) is 6.85. The van der Waals surface area contributed by atoms with Gasteiger partial charge in [0, 0.05) is 33.9 Å². The van der Waals surface area contributed by atoms with Crippen molar-refractivity contribution in [3.8, 4) is 0 Å². The van der Waals surface area contributed by atoms with E-state index in [9.17, 15) is 13.6 Å². The van der Waals surface area contributed by atoms with Gasteiger partial charge < -0.3 is 11.1 Å². The number of amides is 1. The molecule has 0 heterocycles. The molecule has 2 aromatic carbocycles. The molecule has 0 aliphatic rings. The number of hydrogen-bond donors (Lipinski definition) is 2. The molecule has 3 nitrogen and oxygen atoms in total. The quantitative estimate of drug-likeness (QED) is 0.906. The molecule has 0 atom stereocenters. The number of nitrogens with one attached hydrogen (secondary N) is 1. The van der Waals surface area contributed by atoms with Crippen LogP contribution in [-0.4, -0.2) is 5.91 Å². The number of primary amides is 1. The van der Waals surface area contributed by atoms with E-state index in [4.69, 9.17) is 17.3 Å². The van der Waals surface area contributed by atoms with Gasteiger partial charge in [-0.3, -0.25) is 4.79 Å². The molecule has 2 rings (SSSR count). The third-order valence-corrected chi connectivity index (χ3v) is 3.50. The maximum absolute atomic E-state index is 13.7. The van der Waals surface area contributed by atoms with Crippen LogP contribution in [0.2, 0.25) is 5.02 Å². The van der Waals surface area contributed by atoms with Crippen LogP contribution in [0.3, 0.4) is 0 Å². The first kappa shape index (κ1) is 15.3. The van der Waals surface area contributed by atoms with Crippen LogP contribution in [0, 0.1) is 18.6 Å². The van der Waals surface area contributed by atoms with E-state index in [1.54, 1.807) is 13.0 Å². The molecule has 0 radical (unpaired) electrons. The Morgan fingerprint density at radius 3 is 2.62 bits per heavy atom. The normalized spacial score (nSPS) is 10.5. The average Bonchev–Trinajstić information content (AvgIpc) is 2.42. The standard InChI is InChI=1S/C15H13ClF2N2O/c1-8-13(18)5-9(15(19)21)6-14(8)20-7-10-11(16)3-2-4-12(10)17/h2-6,20H,7H2,1H3,(H2,19,21). The van der Waals surface area contributed by atoms with Crippen molar-refractivity contribution >= 4 is 23.2 Å². The summed E-state index contributed by atoms with van der Waals surface area (Å²) in [5.41, 5.74) is 6.13. The smallest absolute Gasteiger partial charge is 0.248 e. The molecule has 0 saturated carbocycles. The van der Waals surface area contributed by atoms with E-state index in [2.05, 4.69) is 5.32 Å². The predicted octanol–water partition coefficient (Wildman–Crippen LogP) is 3.64. The van der Waals surface area contributed by atoms with Crippen molar-refractivity contribution in [1.29, 1.82) is 0 Å². The molecule has 21 heavy (non-hydrogen) atoms. The molecule has 110 valence electrons. The second kappa shape index (κ2) is 6.10. The number of carbonyl (C=O) groups excluding carboxylic acids is 1. The van der Waals surface area contributed by atoms with Crippen molar-refractivity contribution in [1.82, 2.24) is 0 Å². The highest BCUT2D eigenvalue weighted by Crippen LogP contribution is 2.24. The summed E-state index contributed by atoms with van der Waals surface area (Å²) in [6.07, 6.45) is 0. The van der Waals surface area contributed by atoms with Crippen molar-refractivity contribution < 1.29 is 13.6 Å². The SMILES string of the molecule is Cc1c(F)cc(C(N)=O)cc1NCc1c(F)cccc1Cl. The first-order valence-corrected chi connectivity index (χ1v) is 6.54. The van der Waals surface area contributed by atoms with Crippen molar-refractivity contribution in [2.75, 3.05) is 5.32 Å². The summed E-state index contributed by atoms with van der Waals surface area (Å²) in [4.78, 5) is 11.1. The molecule has 0 unspecified atom stereocenters. The van der Waals surface area contributed by atoms with Crippen LogP contribution >= 0.6 is 11.6 Å². The summed E-state index contributed by atoms with van der Waals surface area (Å²) < 4.78 is 27.4. The van der Waals surface area contributed by atoms with Gasteiger partial charge >= 0.3 is 0 Å². The largest absolute Gasteiger partial charge is 0.380 e. The minimum absolute atomic E-state index is 0.0419. The maximum atomic E-state index is 13.7. The van der Waals surface area contributed by atoms with Gasteiger partial charge in [0.2, 0.25) is 5.91 Å². The molecule has 0 aliphatic heterocycles. The fourth-order valence-electron chi connectivity index (χ4n) is 1.89. The lowest BCUT2D eigenvalue weighted by molar-refractivity contribution is 0.1000.